The molecule has 3 aromatic carbocycles. The van der Waals surface area contributed by atoms with E-state index < -0.39 is 0 Å². The fraction of sp³-hybridized carbons (Fsp3) is 0.185. The second-order valence-corrected chi connectivity index (χ2v) is 10.4. The van der Waals surface area contributed by atoms with Gasteiger partial charge in [0.15, 0.2) is 16.7 Å². The molecular formula is C27H24BrClN2O3S. The summed E-state index contributed by atoms with van der Waals surface area (Å²) in [5.74, 6) is 0.743. The van der Waals surface area contributed by atoms with Gasteiger partial charge in [0.05, 0.1) is 22.7 Å². The van der Waals surface area contributed by atoms with Crippen molar-refractivity contribution in [2.75, 3.05) is 7.11 Å². The molecular weight excluding hydrogens is 548 g/mol. The van der Waals surface area contributed by atoms with Gasteiger partial charge >= 0.3 is 0 Å². The number of methoxy groups -OCH3 is 1. The van der Waals surface area contributed by atoms with Gasteiger partial charge in [-0.15, -0.1) is 0 Å². The number of halogens is 2. The Morgan fingerprint density at radius 1 is 1.09 bits per heavy atom. The molecule has 0 atom stereocenters. The van der Waals surface area contributed by atoms with Crippen LogP contribution in [0.1, 0.15) is 27.8 Å². The van der Waals surface area contributed by atoms with Gasteiger partial charge in [0.25, 0.3) is 5.91 Å². The number of hydrogen-bond acceptors (Lipinski definition) is 5. The van der Waals surface area contributed by atoms with Crippen LogP contribution in [0.25, 0.3) is 6.08 Å². The third kappa shape index (κ3) is 6.10. The van der Waals surface area contributed by atoms with E-state index in [1.807, 2.05) is 57.2 Å². The summed E-state index contributed by atoms with van der Waals surface area (Å²) in [7, 11) is 1.56. The molecule has 1 N–H and O–H groups in total. The summed E-state index contributed by atoms with van der Waals surface area (Å²) in [5, 5.41) is 3.76. The molecule has 1 heterocycles. The molecule has 1 aliphatic rings. The standard InChI is InChI=1S/C27H24BrClN2O3S/c1-15-5-7-18(8-6-15)14-34-25-21(29)11-19(12-22(25)33-4)13-23-26(32)31-27(35-23)30-20-9-16(2)24(28)17(3)10-20/h5-13H,14H2,1-4H3,(H,30,31,32)/b23-13-. The minimum absolute atomic E-state index is 0.214. The number of hydrogen-bond donors (Lipinski definition) is 1. The Labute approximate surface area is 222 Å². The number of aryl methyl sites for hydroxylation is 3. The summed E-state index contributed by atoms with van der Waals surface area (Å²) in [5.41, 5.74) is 5.89. The molecule has 0 spiro atoms. The minimum Gasteiger partial charge on any atom is -0.493 e. The van der Waals surface area contributed by atoms with Crippen LogP contribution in [-0.4, -0.2) is 18.2 Å². The molecule has 4 rings (SSSR count). The van der Waals surface area contributed by atoms with Crippen LogP contribution in [0.4, 0.5) is 5.69 Å². The second kappa shape index (κ2) is 10.9. The van der Waals surface area contributed by atoms with E-state index in [0.717, 1.165) is 32.4 Å². The third-order valence-electron chi connectivity index (χ3n) is 5.36. The fourth-order valence-electron chi connectivity index (χ4n) is 3.54. The zero-order valence-electron chi connectivity index (χ0n) is 19.7. The molecule has 1 fully saturated rings. The van der Waals surface area contributed by atoms with Crippen LogP contribution < -0.4 is 14.8 Å². The van der Waals surface area contributed by atoms with Crippen LogP contribution >= 0.6 is 39.3 Å². The number of ether oxygens (including phenoxy) is 2. The van der Waals surface area contributed by atoms with Gasteiger partial charge in [0.2, 0.25) is 0 Å². The Morgan fingerprint density at radius 3 is 2.43 bits per heavy atom. The summed E-state index contributed by atoms with van der Waals surface area (Å²) in [6.07, 6.45) is 1.76. The van der Waals surface area contributed by atoms with E-state index in [1.165, 1.54) is 17.3 Å². The number of nitrogens with zero attached hydrogens (tertiary/aromatic N) is 1. The number of amidine groups is 1. The lowest BCUT2D eigenvalue weighted by molar-refractivity contribution is -0.115. The highest BCUT2D eigenvalue weighted by Gasteiger charge is 2.24. The van der Waals surface area contributed by atoms with Crippen molar-refractivity contribution < 1.29 is 14.3 Å². The molecule has 8 heteroatoms. The molecule has 0 aromatic heterocycles. The van der Waals surface area contributed by atoms with Crippen molar-refractivity contribution in [3.63, 3.8) is 0 Å². The molecule has 3 aromatic rings. The van der Waals surface area contributed by atoms with Crippen LogP contribution in [-0.2, 0) is 11.4 Å². The molecule has 5 nitrogen and oxygen atoms in total. The lowest BCUT2D eigenvalue weighted by Crippen LogP contribution is -2.19. The molecule has 0 unspecified atom stereocenters. The smallest absolute Gasteiger partial charge is 0.264 e. The average Bonchev–Trinajstić information content (AvgIpc) is 3.15. The molecule has 0 aliphatic carbocycles. The maximum absolute atomic E-state index is 12.6. The molecule has 1 aliphatic heterocycles. The van der Waals surface area contributed by atoms with Crippen LogP contribution in [0.5, 0.6) is 11.5 Å². The number of carbonyl (C=O) groups is 1. The number of rotatable bonds is 6. The predicted molar refractivity (Wildman–Crippen MR) is 148 cm³/mol. The maximum Gasteiger partial charge on any atom is 0.264 e. The number of benzene rings is 3. The van der Waals surface area contributed by atoms with E-state index in [4.69, 9.17) is 21.1 Å². The highest BCUT2D eigenvalue weighted by Crippen LogP contribution is 2.39. The number of aliphatic imine (C=N–C) groups is 1. The summed E-state index contributed by atoms with van der Waals surface area (Å²) in [6.45, 7) is 6.43. The Bertz CT molecular complexity index is 1330. The highest BCUT2D eigenvalue weighted by atomic mass is 79.9. The van der Waals surface area contributed by atoms with Crippen LogP contribution in [0.3, 0.4) is 0 Å². The monoisotopic (exact) mass is 570 g/mol. The average molecular weight is 572 g/mol. The summed E-state index contributed by atoms with van der Waals surface area (Å²) >= 11 is 11.4. The van der Waals surface area contributed by atoms with Crippen molar-refractivity contribution in [3.8, 4) is 11.5 Å². The number of nitrogens with one attached hydrogen (secondary N) is 1. The zero-order chi connectivity index (χ0) is 25.1. The molecule has 180 valence electrons. The maximum atomic E-state index is 12.6. The first kappa shape index (κ1) is 25.4. The van der Waals surface area contributed by atoms with E-state index in [2.05, 4.69) is 26.2 Å². The quantitative estimate of drug-likeness (QED) is 0.311. The Kier molecular flexibility index (Phi) is 7.89. The van der Waals surface area contributed by atoms with Crippen molar-refractivity contribution in [1.82, 2.24) is 5.32 Å². The second-order valence-electron chi connectivity index (χ2n) is 8.18. The van der Waals surface area contributed by atoms with Gasteiger partial charge in [0, 0.05) is 4.47 Å². The number of carbonyl (C=O) groups excluding carboxylic acids is 1. The SMILES string of the molecule is COc1cc(/C=C2\SC(=Nc3cc(C)c(Br)c(C)c3)NC2=O)cc(Cl)c1OCc1ccc(C)cc1. The van der Waals surface area contributed by atoms with Crippen molar-refractivity contribution in [1.29, 1.82) is 0 Å². The van der Waals surface area contributed by atoms with E-state index in [9.17, 15) is 4.79 Å². The van der Waals surface area contributed by atoms with Crippen molar-refractivity contribution >= 4 is 62.1 Å². The van der Waals surface area contributed by atoms with Crippen LogP contribution in [0, 0.1) is 20.8 Å². The van der Waals surface area contributed by atoms with Crippen LogP contribution in [0.15, 0.2) is 62.9 Å². The van der Waals surface area contributed by atoms with Crippen molar-refractivity contribution in [2.24, 2.45) is 4.99 Å². The number of amides is 1. The highest BCUT2D eigenvalue weighted by molar-refractivity contribution is 9.10. The minimum atomic E-state index is -0.214. The van der Waals surface area contributed by atoms with Gasteiger partial charge in [-0.1, -0.05) is 57.4 Å². The first-order valence-corrected chi connectivity index (χ1v) is 12.8. The van der Waals surface area contributed by atoms with Gasteiger partial charge in [-0.05, 0) is 85.1 Å². The zero-order valence-corrected chi connectivity index (χ0v) is 22.9. The largest absolute Gasteiger partial charge is 0.493 e. The van der Waals surface area contributed by atoms with Crippen molar-refractivity contribution in [2.45, 2.75) is 27.4 Å². The molecule has 35 heavy (non-hydrogen) atoms. The number of thioether (sulfide) groups is 1. The van der Waals surface area contributed by atoms with E-state index in [1.54, 1.807) is 25.3 Å². The Balaban J connectivity index is 1.54. The van der Waals surface area contributed by atoms with Gasteiger partial charge < -0.3 is 14.8 Å². The van der Waals surface area contributed by atoms with Crippen molar-refractivity contribution in [3.05, 3.63) is 90.7 Å². The summed E-state index contributed by atoms with van der Waals surface area (Å²) in [4.78, 5) is 17.7. The molecule has 1 amide bonds. The summed E-state index contributed by atoms with van der Waals surface area (Å²) < 4.78 is 12.5. The predicted octanol–water partition coefficient (Wildman–Crippen LogP) is 7.51. The lowest BCUT2D eigenvalue weighted by atomic mass is 10.1. The molecule has 0 bridgehead atoms. The van der Waals surface area contributed by atoms with Gasteiger partial charge in [-0.25, -0.2) is 4.99 Å². The van der Waals surface area contributed by atoms with Gasteiger partial charge in [-0.3, -0.25) is 4.79 Å². The topological polar surface area (TPSA) is 59.9 Å². The normalized spacial score (nSPS) is 15.5. The Morgan fingerprint density at radius 2 is 1.77 bits per heavy atom. The van der Waals surface area contributed by atoms with Gasteiger partial charge in [0.1, 0.15) is 6.61 Å². The molecule has 0 radical (unpaired) electrons. The van der Waals surface area contributed by atoms with Crippen LogP contribution in [0.2, 0.25) is 5.02 Å². The fourth-order valence-corrected chi connectivity index (χ4v) is 4.88. The van der Waals surface area contributed by atoms with E-state index >= 15 is 0 Å². The Hall–Kier alpha value is -2.74. The molecule has 0 saturated carbocycles. The molecule has 1 saturated heterocycles. The first-order chi connectivity index (χ1) is 16.7. The van der Waals surface area contributed by atoms with E-state index in [-0.39, 0.29) is 5.91 Å². The van der Waals surface area contributed by atoms with E-state index in [0.29, 0.717) is 33.2 Å². The summed E-state index contributed by atoms with van der Waals surface area (Å²) in [6, 6.07) is 15.6. The van der Waals surface area contributed by atoms with Gasteiger partial charge in [-0.2, -0.15) is 0 Å². The first-order valence-electron chi connectivity index (χ1n) is 10.9. The third-order valence-corrected chi connectivity index (χ3v) is 7.80. The lowest BCUT2D eigenvalue weighted by Gasteiger charge is -2.13.